The Morgan fingerprint density at radius 1 is 1.19 bits per heavy atom. The zero-order chi connectivity index (χ0) is 15.4. The number of rotatable bonds is 5. The third-order valence-electron chi connectivity index (χ3n) is 3.29. The molecule has 4 heteroatoms. The van der Waals surface area contributed by atoms with Crippen LogP contribution >= 0.6 is 0 Å². The molecule has 0 saturated carbocycles. The Bertz CT molecular complexity index is 611. The van der Waals surface area contributed by atoms with E-state index in [0.717, 1.165) is 28.1 Å². The molecule has 0 amide bonds. The second kappa shape index (κ2) is 6.70. The summed E-state index contributed by atoms with van der Waals surface area (Å²) in [6.07, 6.45) is 1.97. The topological polar surface area (TPSA) is 60.2 Å². The molecule has 1 heterocycles. The van der Waals surface area contributed by atoms with E-state index < -0.39 is 0 Å². The molecular formula is C17H23N3O. The smallest absolute Gasteiger partial charge is 0.124 e. The molecule has 0 spiro atoms. The van der Waals surface area contributed by atoms with Gasteiger partial charge in [0, 0.05) is 11.8 Å². The molecule has 0 radical (unpaired) electrons. The SMILES string of the molecule is Cc1cnc(C(NN)c2ccccc2OC(C)C)c(C)c1. The summed E-state index contributed by atoms with van der Waals surface area (Å²) in [5.74, 6) is 6.63. The lowest BCUT2D eigenvalue weighted by molar-refractivity contribution is 0.238. The van der Waals surface area contributed by atoms with Gasteiger partial charge in [0.1, 0.15) is 5.75 Å². The number of benzene rings is 1. The Labute approximate surface area is 126 Å². The van der Waals surface area contributed by atoms with Crippen LogP contribution in [-0.4, -0.2) is 11.1 Å². The molecule has 0 fully saturated rings. The fraction of sp³-hybridized carbons (Fsp3) is 0.353. The molecule has 0 aliphatic heterocycles. The summed E-state index contributed by atoms with van der Waals surface area (Å²) in [6, 6.07) is 9.84. The summed E-state index contributed by atoms with van der Waals surface area (Å²) >= 11 is 0. The van der Waals surface area contributed by atoms with Crippen molar-refractivity contribution < 1.29 is 4.74 Å². The first-order valence-electron chi connectivity index (χ1n) is 7.17. The van der Waals surface area contributed by atoms with Gasteiger partial charge in [-0.05, 0) is 44.9 Å². The number of hydrogen-bond acceptors (Lipinski definition) is 4. The molecule has 1 aromatic heterocycles. The van der Waals surface area contributed by atoms with Gasteiger partial charge in [-0.2, -0.15) is 0 Å². The standard InChI is InChI=1S/C17H23N3O/c1-11(2)21-15-8-6-5-7-14(15)17(20-18)16-13(4)9-12(3)10-19-16/h5-11,17,20H,18H2,1-4H3. The molecule has 0 bridgehead atoms. The monoisotopic (exact) mass is 285 g/mol. The Kier molecular flexibility index (Phi) is 4.94. The normalized spacial score (nSPS) is 12.5. The van der Waals surface area contributed by atoms with E-state index in [1.54, 1.807) is 0 Å². The summed E-state index contributed by atoms with van der Waals surface area (Å²) in [5, 5.41) is 0. The number of aryl methyl sites for hydroxylation is 2. The summed E-state index contributed by atoms with van der Waals surface area (Å²) in [7, 11) is 0. The van der Waals surface area contributed by atoms with Gasteiger partial charge in [0.25, 0.3) is 0 Å². The molecule has 112 valence electrons. The van der Waals surface area contributed by atoms with Crippen LogP contribution in [0.4, 0.5) is 0 Å². The average Bonchev–Trinajstić information content (AvgIpc) is 2.43. The van der Waals surface area contributed by atoms with Crippen molar-refractivity contribution in [2.45, 2.75) is 39.8 Å². The fourth-order valence-corrected chi connectivity index (χ4v) is 2.42. The number of pyridine rings is 1. The number of hydrazine groups is 1. The molecule has 0 saturated heterocycles. The van der Waals surface area contributed by atoms with E-state index in [9.17, 15) is 0 Å². The molecule has 2 aromatic rings. The summed E-state index contributed by atoms with van der Waals surface area (Å²) in [5.41, 5.74) is 7.03. The molecule has 0 aliphatic rings. The average molecular weight is 285 g/mol. The second-order valence-corrected chi connectivity index (χ2v) is 5.52. The Morgan fingerprint density at radius 3 is 2.52 bits per heavy atom. The Balaban J connectivity index is 2.46. The van der Waals surface area contributed by atoms with Gasteiger partial charge in [-0.3, -0.25) is 10.8 Å². The van der Waals surface area contributed by atoms with Gasteiger partial charge >= 0.3 is 0 Å². The highest BCUT2D eigenvalue weighted by atomic mass is 16.5. The van der Waals surface area contributed by atoms with Crippen LogP contribution in [0.1, 0.15) is 42.3 Å². The molecule has 1 aromatic carbocycles. The van der Waals surface area contributed by atoms with Crippen molar-refractivity contribution in [2.24, 2.45) is 5.84 Å². The lowest BCUT2D eigenvalue weighted by Crippen LogP contribution is -2.30. The van der Waals surface area contributed by atoms with Crippen LogP contribution in [0.3, 0.4) is 0 Å². The first kappa shape index (κ1) is 15.5. The number of nitrogens with zero attached hydrogens (tertiary/aromatic N) is 1. The molecule has 2 rings (SSSR count). The number of hydrogen-bond donors (Lipinski definition) is 2. The maximum absolute atomic E-state index is 5.89. The molecule has 21 heavy (non-hydrogen) atoms. The number of para-hydroxylation sites is 1. The van der Waals surface area contributed by atoms with Crippen LogP contribution in [0, 0.1) is 13.8 Å². The molecule has 3 N–H and O–H groups in total. The molecule has 4 nitrogen and oxygen atoms in total. The maximum Gasteiger partial charge on any atom is 0.124 e. The molecular weight excluding hydrogens is 262 g/mol. The number of aromatic nitrogens is 1. The van der Waals surface area contributed by atoms with Crippen molar-refractivity contribution in [1.29, 1.82) is 0 Å². The fourth-order valence-electron chi connectivity index (χ4n) is 2.42. The predicted molar refractivity (Wildman–Crippen MR) is 85.1 cm³/mol. The van der Waals surface area contributed by atoms with Crippen molar-refractivity contribution in [2.75, 3.05) is 0 Å². The van der Waals surface area contributed by atoms with E-state index >= 15 is 0 Å². The van der Waals surface area contributed by atoms with Crippen LogP contribution in [0.2, 0.25) is 0 Å². The highest BCUT2D eigenvalue weighted by Gasteiger charge is 2.20. The highest BCUT2D eigenvalue weighted by Crippen LogP contribution is 2.30. The third-order valence-corrected chi connectivity index (χ3v) is 3.29. The molecule has 1 unspecified atom stereocenters. The first-order chi connectivity index (χ1) is 10.0. The lowest BCUT2D eigenvalue weighted by Gasteiger charge is -2.22. The van der Waals surface area contributed by atoms with Crippen molar-refractivity contribution in [1.82, 2.24) is 10.4 Å². The van der Waals surface area contributed by atoms with E-state index in [4.69, 9.17) is 10.6 Å². The zero-order valence-corrected chi connectivity index (χ0v) is 13.1. The Hall–Kier alpha value is -1.91. The number of nitrogens with two attached hydrogens (primary N) is 1. The van der Waals surface area contributed by atoms with Crippen molar-refractivity contribution in [3.8, 4) is 5.75 Å². The third kappa shape index (κ3) is 3.60. The van der Waals surface area contributed by atoms with Crippen LogP contribution in [-0.2, 0) is 0 Å². The molecule has 1 atom stereocenters. The largest absolute Gasteiger partial charge is 0.491 e. The van der Waals surface area contributed by atoms with E-state index in [0.29, 0.717) is 0 Å². The number of ether oxygens (including phenoxy) is 1. The first-order valence-corrected chi connectivity index (χ1v) is 7.17. The maximum atomic E-state index is 5.89. The van der Waals surface area contributed by atoms with Crippen LogP contribution < -0.4 is 16.0 Å². The van der Waals surface area contributed by atoms with E-state index in [1.165, 1.54) is 0 Å². The number of nitrogens with one attached hydrogen (secondary N) is 1. The van der Waals surface area contributed by atoms with Gasteiger partial charge in [0.05, 0.1) is 17.8 Å². The second-order valence-electron chi connectivity index (χ2n) is 5.52. The highest BCUT2D eigenvalue weighted by molar-refractivity contribution is 5.42. The summed E-state index contributed by atoms with van der Waals surface area (Å²) in [6.45, 7) is 8.10. The van der Waals surface area contributed by atoms with Gasteiger partial charge < -0.3 is 4.74 Å². The van der Waals surface area contributed by atoms with Crippen LogP contribution in [0.15, 0.2) is 36.5 Å². The summed E-state index contributed by atoms with van der Waals surface area (Å²) < 4.78 is 5.89. The minimum Gasteiger partial charge on any atom is -0.491 e. The van der Waals surface area contributed by atoms with E-state index in [2.05, 4.69) is 16.5 Å². The van der Waals surface area contributed by atoms with Gasteiger partial charge in [-0.25, -0.2) is 5.43 Å². The summed E-state index contributed by atoms with van der Waals surface area (Å²) in [4.78, 5) is 4.55. The Morgan fingerprint density at radius 2 is 1.90 bits per heavy atom. The zero-order valence-electron chi connectivity index (χ0n) is 13.1. The van der Waals surface area contributed by atoms with Gasteiger partial charge in [-0.15, -0.1) is 0 Å². The van der Waals surface area contributed by atoms with E-state index in [1.807, 2.05) is 58.2 Å². The van der Waals surface area contributed by atoms with Crippen LogP contribution in [0.5, 0.6) is 5.75 Å². The van der Waals surface area contributed by atoms with Crippen LogP contribution in [0.25, 0.3) is 0 Å². The van der Waals surface area contributed by atoms with E-state index in [-0.39, 0.29) is 12.1 Å². The van der Waals surface area contributed by atoms with Crippen molar-refractivity contribution in [3.63, 3.8) is 0 Å². The predicted octanol–water partition coefficient (Wildman–Crippen LogP) is 3.04. The van der Waals surface area contributed by atoms with Crippen molar-refractivity contribution in [3.05, 3.63) is 58.9 Å². The van der Waals surface area contributed by atoms with Gasteiger partial charge in [0.15, 0.2) is 0 Å². The van der Waals surface area contributed by atoms with Crippen molar-refractivity contribution >= 4 is 0 Å². The minimum absolute atomic E-state index is 0.108. The van der Waals surface area contributed by atoms with Gasteiger partial charge in [0.2, 0.25) is 0 Å². The minimum atomic E-state index is -0.194. The van der Waals surface area contributed by atoms with Gasteiger partial charge in [-0.1, -0.05) is 24.3 Å². The molecule has 0 aliphatic carbocycles. The quantitative estimate of drug-likeness (QED) is 0.655. The lowest BCUT2D eigenvalue weighted by atomic mass is 9.99.